The van der Waals surface area contributed by atoms with Crippen molar-refractivity contribution in [3.63, 3.8) is 0 Å². The van der Waals surface area contributed by atoms with Gasteiger partial charge < -0.3 is 16.0 Å². The SMILES string of the molecule is CC(CCN)C(=O)Nc1cc(Br)ccc1N(C)C. The zero-order valence-corrected chi connectivity index (χ0v) is 12.6. The fraction of sp³-hybridized carbons (Fsp3) is 0.462. The molecule has 0 saturated carbocycles. The Kier molecular flexibility index (Phi) is 5.62. The first-order valence-corrected chi connectivity index (χ1v) is 6.72. The first kappa shape index (κ1) is 15.0. The molecule has 18 heavy (non-hydrogen) atoms. The molecule has 5 heteroatoms. The molecule has 1 amide bonds. The van der Waals surface area contributed by atoms with Gasteiger partial charge in [0, 0.05) is 24.5 Å². The fourth-order valence-corrected chi connectivity index (χ4v) is 2.00. The van der Waals surface area contributed by atoms with Gasteiger partial charge >= 0.3 is 0 Å². The Bertz CT molecular complexity index is 421. The summed E-state index contributed by atoms with van der Waals surface area (Å²) < 4.78 is 0.940. The Morgan fingerprint density at radius 2 is 2.17 bits per heavy atom. The van der Waals surface area contributed by atoms with Gasteiger partial charge in [0.2, 0.25) is 5.91 Å². The minimum Gasteiger partial charge on any atom is -0.376 e. The Morgan fingerprint density at radius 1 is 1.50 bits per heavy atom. The molecule has 0 spiro atoms. The van der Waals surface area contributed by atoms with E-state index in [2.05, 4.69) is 21.2 Å². The second-order valence-corrected chi connectivity index (χ2v) is 5.44. The smallest absolute Gasteiger partial charge is 0.227 e. The number of nitrogens with two attached hydrogens (primary N) is 1. The quantitative estimate of drug-likeness (QED) is 0.877. The van der Waals surface area contributed by atoms with E-state index in [1.54, 1.807) is 0 Å². The zero-order valence-electron chi connectivity index (χ0n) is 11.0. The van der Waals surface area contributed by atoms with Crippen molar-refractivity contribution in [2.75, 3.05) is 30.9 Å². The molecule has 1 aromatic rings. The van der Waals surface area contributed by atoms with E-state index in [0.29, 0.717) is 13.0 Å². The third-order valence-corrected chi connectivity index (χ3v) is 3.24. The predicted molar refractivity (Wildman–Crippen MR) is 79.9 cm³/mol. The van der Waals surface area contributed by atoms with Crippen LogP contribution in [0, 0.1) is 5.92 Å². The summed E-state index contributed by atoms with van der Waals surface area (Å²) in [5.41, 5.74) is 7.25. The normalized spacial score (nSPS) is 12.1. The van der Waals surface area contributed by atoms with Crippen molar-refractivity contribution in [2.45, 2.75) is 13.3 Å². The standard InChI is InChI=1S/C13H20BrN3O/c1-9(6-7-15)13(18)16-11-8-10(14)4-5-12(11)17(2)3/h4-5,8-9H,6-7,15H2,1-3H3,(H,16,18). The molecule has 3 N–H and O–H groups in total. The van der Waals surface area contributed by atoms with Crippen LogP contribution in [0.3, 0.4) is 0 Å². The second-order valence-electron chi connectivity index (χ2n) is 4.52. The topological polar surface area (TPSA) is 58.4 Å². The van der Waals surface area contributed by atoms with Crippen LogP contribution in [-0.4, -0.2) is 26.5 Å². The molecular formula is C13H20BrN3O. The minimum atomic E-state index is -0.0796. The molecule has 1 rings (SSSR count). The molecule has 0 aliphatic rings. The lowest BCUT2D eigenvalue weighted by atomic mass is 10.1. The number of rotatable bonds is 5. The van der Waals surface area contributed by atoms with Crippen LogP contribution in [0.5, 0.6) is 0 Å². The molecule has 0 bridgehead atoms. The maximum Gasteiger partial charge on any atom is 0.227 e. The van der Waals surface area contributed by atoms with E-state index in [9.17, 15) is 4.79 Å². The summed E-state index contributed by atoms with van der Waals surface area (Å²) in [7, 11) is 3.89. The van der Waals surface area contributed by atoms with E-state index < -0.39 is 0 Å². The zero-order chi connectivity index (χ0) is 13.7. The molecule has 0 fully saturated rings. The monoisotopic (exact) mass is 313 g/mol. The predicted octanol–water partition coefficient (Wildman–Crippen LogP) is 2.44. The molecule has 1 atom stereocenters. The van der Waals surface area contributed by atoms with Crippen LogP contribution in [-0.2, 0) is 4.79 Å². The number of carbonyl (C=O) groups excluding carboxylic acids is 1. The molecule has 0 saturated heterocycles. The summed E-state index contributed by atoms with van der Waals surface area (Å²) in [6, 6.07) is 5.82. The van der Waals surface area contributed by atoms with Gasteiger partial charge in [-0.05, 0) is 31.2 Å². The lowest BCUT2D eigenvalue weighted by Gasteiger charge is -2.19. The van der Waals surface area contributed by atoms with E-state index in [-0.39, 0.29) is 11.8 Å². The number of amides is 1. The van der Waals surface area contributed by atoms with Crippen LogP contribution >= 0.6 is 15.9 Å². The molecular weight excluding hydrogens is 294 g/mol. The van der Waals surface area contributed by atoms with Gasteiger partial charge in [-0.25, -0.2) is 0 Å². The van der Waals surface area contributed by atoms with Gasteiger partial charge in [-0.15, -0.1) is 0 Å². The molecule has 0 aliphatic carbocycles. The number of carbonyl (C=O) groups is 1. The lowest BCUT2D eigenvalue weighted by Crippen LogP contribution is -2.24. The maximum atomic E-state index is 12.0. The highest BCUT2D eigenvalue weighted by molar-refractivity contribution is 9.10. The average Bonchev–Trinajstić information content (AvgIpc) is 2.28. The van der Waals surface area contributed by atoms with Crippen LogP contribution in [0.4, 0.5) is 11.4 Å². The van der Waals surface area contributed by atoms with Crippen LogP contribution in [0.2, 0.25) is 0 Å². The van der Waals surface area contributed by atoms with Crippen molar-refractivity contribution in [2.24, 2.45) is 11.7 Å². The van der Waals surface area contributed by atoms with Crippen molar-refractivity contribution in [1.29, 1.82) is 0 Å². The first-order valence-electron chi connectivity index (χ1n) is 5.93. The highest BCUT2D eigenvalue weighted by Gasteiger charge is 2.14. The Hall–Kier alpha value is -1.07. The number of hydrogen-bond donors (Lipinski definition) is 2. The van der Waals surface area contributed by atoms with Gasteiger partial charge in [-0.3, -0.25) is 4.79 Å². The third-order valence-electron chi connectivity index (χ3n) is 2.75. The number of anilines is 2. The van der Waals surface area contributed by atoms with E-state index in [1.807, 2.05) is 44.1 Å². The molecule has 0 aromatic heterocycles. The second kappa shape index (κ2) is 6.75. The summed E-state index contributed by atoms with van der Waals surface area (Å²) >= 11 is 3.41. The van der Waals surface area contributed by atoms with Crippen LogP contribution in [0.25, 0.3) is 0 Å². The Labute approximate surface area is 117 Å². The highest BCUT2D eigenvalue weighted by Crippen LogP contribution is 2.28. The number of benzene rings is 1. The van der Waals surface area contributed by atoms with Gasteiger partial charge in [0.1, 0.15) is 0 Å². The van der Waals surface area contributed by atoms with Gasteiger partial charge in [0.05, 0.1) is 11.4 Å². The van der Waals surface area contributed by atoms with Gasteiger partial charge in [-0.2, -0.15) is 0 Å². The van der Waals surface area contributed by atoms with Crippen molar-refractivity contribution < 1.29 is 4.79 Å². The highest BCUT2D eigenvalue weighted by atomic mass is 79.9. The maximum absolute atomic E-state index is 12.0. The van der Waals surface area contributed by atoms with E-state index >= 15 is 0 Å². The molecule has 1 aromatic carbocycles. The van der Waals surface area contributed by atoms with Gasteiger partial charge in [0.15, 0.2) is 0 Å². The van der Waals surface area contributed by atoms with Crippen molar-refractivity contribution in [3.05, 3.63) is 22.7 Å². The summed E-state index contributed by atoms with van der Waals surface area (Å²) in [5.74, 6) is -0.0781. The van der Waals surface area contributed by atoms with E-state index in [1.165, 1.54) is 0 Å². The van der Waals surface area contributed by atoms with Crippen molar-refractivity contribution in [3.8, 4) is 0 Å². The fourth-order valence-electron chi connectivity index (χ4n) is 1.64. The number of hydrogen-bond acceptors (Lipinski definition) is 3. The number of halogens is 1. The largest absolute Gasteiger partial charge is 0.376 e. The summed E-state index contributed by atoms with van der Waals surface area (Å²) in [5, 5.41) is 2.95. The van der Waals surface area contributed by atoms with E-state index in [4.69, 9.17) is 5.73 Å². The van der Waals surface area contributed by atoms with Gasteiger partial charge in [0.25, 0.3) is 0 Å². The molecule has 0 heterocycles. The summed E-state index contributed by atoms with van der Waals surface area (Å²) in [6.07, 6.45) is 0.692. The number of nitrogens with one attached hydrogen (secondary N) is 1. The Morgan fingerprint density at radius 3 is 2.72 bits per heavy atom. The molecule has 100 valence electrons. The minimum absolute atomic E-state index is 0.00153. The molecule has 1 unspecified atom stereocenters. The summed E-state index contributed by atoms with van der Waals surface area (Å²) in [6.45, 7) is 2.41. The third kappa shape index (κ3) is 3.99. The molecule has 0 aliphatic heterocycles. The molecule has 0 radical (unpaired) electrons. The van der Waals surface area contributed by atoms with Crippen LogP contribution in [0.15, 0.2) is 22.7 Å². The van der Waals surface area contributed by atoms with E-state index in [0.717, 1.165) is 15.8 Å². The van der Waals surface area contributed by atoms with Crippen molar-refractivity contribution >= 4 is 33.2 Å². The first-order chi connectivity index (χ1) is 8.45. The van der Waals surface area contributed by atoms with Gasteiger partial charge in [-0.1, -0.05) is 22.9 Å². The van der Waals surface area contributed by atoms with Crippen molar-refractivity contribution in [1.82, 2.24) is 0 Å². The van der Waals surface area contributed by atoms with Crippen LogP contribution < -0.4 is 16.0 Å². The Balaban J connectivity index is 2.89. The molecule has 4 nitrogen and oxygen atoms in total. The summed E-state index contributed by atoms with van der Waals surface area (Å²) in [4.78, 5) is 14.0. The average molecular weight is 314 g/mol. The number of nitrogens with zero attached hydrogens (tertiary/aromatic N) is 1. The lowest BCUT2D eigenvalue weighted by molar-refractivity contribution is -0.119. The van der Waals surface area contributed by atoms with Crippen LogP contribution in [0.1, 0.15) is 13.3 Å².